The SMILES string of the molecule is O=C(O)[C@H]1CCCN(C(=O)C2=Cc3cc(Br)ccc3OC2)C1. The van der Waals surface area contributed by atoms with Gasteiger partial charge < -0.3 is 14.7 Å². The average molecular weight is 366 g/mol. The van der Waals surface area contributed by atoms with Crippen molar-refractivity contribution in [2.75, 3.05) is 19.7 Å². The third kappa shape index (κ3) is 3.02. The van der Waals surface area contributed by atoms with Crippen LogP contribution in [0.1, 0.15) is 18.4 Å². The van der Waals surface area contributed by atoms with Crippen molar-refractivity contribution in [3.63, 3.8) is 0 Å². The van der Waals surface area contributed by atoms with Gasteiger partial charge in [0.05, 0.1) is 11.5 Å². The Bertz CT molecular complexity index is 656. The highest BCUT2D eigenvalue weighted by atomic mass is 79.9. The number of amides is 1. The van der Waals surface area contributed by atoms with Gasteiger partial charge in [-0.25, -0.2) is 0 Å². The van der Waals surface area contributed by atoms with Crippen molar-refractivity contribution in [2.24, 2.45) is 5.92 Å². The number of carboxylic acid groups (broad SMARTS) is 1. The summed E-state index contributed by atoms with van der Waals surface area (Å²) in [6, 6.07) is 5.65. The molecule has 2 aliphatic heterocycles. The third-order valence-corrected chi connectivity index (χ3v) is 4.51. The minimum absolute atomic E-state index is 0.128. The molecule has 22 heavy (non-hydrogen) atoms. The van der Waals surface area contributed by atoms with Crippen LogP contribution in [0.25, 0.3) is 6.08 Å². The Morgan fingerprint density at radius 1 is 1.36 bits per heavy atom. The van der Waals surface area contributed by atoms with Crippen LogP contribution in [-0.2, 0) is 9.59 Å². The normalized spacial score (nSPS) is 20.7. The second-order valence-corrected chi connectivity index (χ2v) is 6.48. The van der Waals surface area contributed by atoms with Crippen LogP contribution in [-0.4, -0.2) is 41.6 Å². The molecule has 3 rings (SSSR count). The molecule has 1 saturated heterocycles. The molecule has 6 heteroatoms. The van der Waals surface area contributed by atoms with Crippen LogP contribution in [0.4, 0.5) is 0 Å². The van der Waals surface area contributed by atoms with Crippen LogP contribution >= 0.6 is 15.9 Å². The molecule has 0 aromatic heterocycles. The Kier molecular flexibility index (Phi) is 4.20. The number of halogens is 1. The highest BCUT2D eigenvalue weighted by Crippen LogP contribution is 2.30. The lowest BCUT2D eigenvalue weighted by Crippen LogP contribution is -2.43. The number of nitrogens with zero attached hydrogens (tertiary/aromatic N) is 1. The van der Waals surface area contributed by atoms with E-state index < -0.39 is 11.9 Å². The van der Waals surface area contributed by atoms with Gasteiger partial charge in [0.15, 0.2) is 0 Å². The van der Waals surface area contributed by atoms with Crippen molar-refractivity contribution < 1.29 is 19.4 Å². The third-order valence-electron chi connectivity index (χ3n) is 4.02. The van der Waals surface area contributed by atoms with Crippen LogP contribution in [0.3, 0.4) is 0 Å². The number of ether oxygens (including phenoxy) is 1. The Morgan fingerprint density at radius 3 is 2.95 bits per heavy atom. The van der Waals surface area contributed by atoms with Crippen molar-refractivity contribution in [1.82, 2.24) is 4.90 Å². The maximum atomic E-state index is 12.6. The number of fused-ring (bicyclic) bond motifs is 1. The van der Waals surface area contributed by atoms with Crippen LogP contribution in [0.5, 0.6) is 5.75 Å². The maximum absolute atomic E-state index is 12.6. The first-order chi connectivity index (χ1) is 10.5. The topological polar surface area (TPSA) is 66.8 Å². The van der Waals surface area contributed by atoms with Gasteiger partial charge in [0.2, 0.25) is 0 Å². The van der Waals surface area contributed by atoms with Gasteiger partial charge in [0.1, 0.15) is 12.4 Å². The number of aliphatic carboxylic acids is 1. The summed E-state index contributed by atoms with van der Waals surface area (Å²) in [5.74, 6) is -0.678. The van der Waals surface area contributed by atoms with E-state index >= 15 is 0 Å². The highest BCUT2D eigenvalue weighted by Gasteiger charge is 2.30. The second kappa shape index (κ2) is 6.12. The quantitative estimate of drug-likeness (QED) is 0.874. The fourth-order valence-corrected chi connectivity index (χ4v) is 3.22. The first kappa shape index (κ1) is 15.1. The van der Waals surface area contributed by atoms with E-state index in [0.29, 0.717) is 18.5 Å². The van der Waals surface area contributed by atoms with E-state index in [2.05, 4.69) is 15.9 Å². The number of likely N-dealkylation sites (tertiary alicyclic amines) is 1. The molecule has 0 spiro atoms. The van der Waals surface area contributed by atoms with E-state index in [9.17, 15) is 9.59 Å². The number of carbonyl (C=O) groups excluding carboxylic acids is 1. The average Bonchev–Trinajstić information content (AvgIpc) is 2.53. The number of hydrogen-bond donors (Lipinski definition) is 1. The van der Waals surface area contributed by atoms with Gasteiger partial charge in [0.25, 0.3) is 5.91 Å². The van der Waals surface area contributed by atoms with Gasteiger partial charge in [-0.3, -0.25) is 9.59 Å². The van der Waals surface area contributed by atoms with Crippen LogP contribution < -0.4 is 4.74 Å². The molecule has 0 saturated carbocycles. The number of piperidine rings is 1. The summed E-state index contributed by atoms with van der Waals surface area (Å²) in [4.78, 5) is 25.3. The van der Waals surface area contributed by atoms with Gasteiger partial charge in [0, 0.05) is 23.1 Å². The van der Waals surface area contributed by atoms with Crippen molar-refractivity contribution in [3.8, 4) is 5.75 Å². The summed E-state index contributed by atoms with van der Waals surface area (Å²) in [6.07, 6.45) is 3.18. The number of rotatable bonds is 2. The predicted molar refractivity (Wildman–Crippen MR) is 84.6 cm³/mol. The first-order valence-electron chi connectivity index (χ1n) is 7.19. The first-order valence-corrected chi connectivity index (χ1v) is 7.99. The van der Waals surface area contributed by atoms with E-state index in [0.717, 1.165) is 22.2 Å². The Hall–Kier alpha value is -1.82. The molecule has 5 nitrogen and oxygen atoms in total. The van der Waals surface area contributed by atoms with Crippen LogP contribution in [0.2, 0.25) is 0 Å². The van der Waals surface area contributed by atoms with Gasteiger partial charge in [-0.15, -0.1) is 0 Å². The lowest BCUT2D eigenvalue weighted by Gasteiger charge is -2.32. The standard InChI is InChI=1S/C16H16BrNO4/c17-13-3-4-14-11(7-13)6-12(9-22-14)15(19)18-5-1-2-10(8-18)16(20)21/h3-4,6-7,10H,1-2,5,8-9H2,(H,20,21)/t10-/m0/s1. The molecule has 1 atom stereocenters. The molecule has 1 fully saturated rings. The largest absolute Gasteiger partial charge is 0.488 e. The van der Waals surface area contributed by atoms with Crippen LogP contribution in [0, 0.1) is 5.92 Å². The van der Waals surface area contributed by atoms with Crippen molar-refractivity contribution in [2.45, 2.75) is 12.8 Å². The summed E-state index contributed by atoms with van der Waals surface area (Å²) in [5, 5.41) is 9.13. The summed E-state index contributed by atoms with van der Waals surface area (Å²) in [5.41, 5.74) is 1.42. The fraction of sp³-hybridized carbons (Fsp3) is 0.375. The summed E-state index contributed by atoms with van der Waals surface area (Å²) >= 11 is 3.40. The zero-order valence-corrected chi connectivity index (χ0v) is 13.5. The van der Waals surface area contributed by atoms with Crippen LogP contribution in [0.15, 0.2) is 28.2 Å². The molecule has 0 bridgehead atoms. The highest BCUT2D eigenvalue weighted by molar-refractivity contribution is 9.10. The smallest absolute Gasteiger partial charge is 0.308 e. The Balaban J connectivity index is 1.79. The predicted octanol–water partition coefficient (Wildman–Crippen LogP) is 2.55. The molecule has 0 aliphatic carbocycles. The van der Waals surface area contributed by atoms with Gasteiger partial charge in [-0.1, -0.05) is 15.9 Å². The second-order valence-electron chi connectivity index (χ2n) is 5.57. The molecule has 1 aromatic rings. The minimum atomic E-state index is -0.833. The van der Waals surface area contributed by atoms with Crippen molar-refractivity contribution in [3.05, 3.63) is 33.8 Å². The molecule has 1 aromatic carbocycles. The van der Waals surface area contributed by atoms with E-state index in [-0.39, 0.29) is 19.1 Å². The number of carboxylic acids is 1. The molecule has 0 radical (unpaired) electrons. The molecule has 2 aliphatic rings. The molecule has 1 amide bonds. The lowest BCUT2D eigenvalue weighted by molar-refractivity contribution is -0.145. The Labute approximate surface area is 136 Å². The van der Waals surface area contributed by atoms with Gasteiger partial charge in [-0.05, 0) is 37.1 Å². The number of carbonyl (C=O) groups is 2. The van der Waals surface area contributed by atoms with E-state index in [1.165, 1.54) is 0 Å². The molecule has 1 N–H and O–H groups in total. The molecular weight excluding hydrogens is 350 g/mol. The minimum Gasteiger partial charge on any atom is -0.488 e. The molecule has 0 unspecified atom stereocenters. The van der Waals surface area contributed by atoms with Crippen molar-refractivity contribution in [1.29, 1.82) is 0 Å². The zero-order valence-electron chi connectivity index (χ0n) is 11.9. The Morgan fingerprint density at radius 2 is 2.18 bits per heavy atom. The van der Waals surface area contributed by atoms with E-state index in [4.69, 9.17) is 9.84 Å². The monoisotopic (exact) mass is 365 g/mol. The van der Waals surface area contributed by atoms with Crippen molar-refractivity contribution >= 4 is 33.9 Å². The van der Waals surface area contributed by atoms with E-state index in [1.54, 1.807) is 4.90 Å². The number of benzene rings is 1. The maximum Gasteiger partial charge on any atom is 0.308 e. The lowest BCUT2D eigenvalue weighted by atomic mass is 9.97. The molecule has 116 valence electrons. The van der Waals surface area contributed by atoms with E-state index in [1.807, 2.05) is 24.3 Å². The fourth-order valence-electron chi connectivity index (χ4n) is 2.84. The van der Waals surface area contributed by atoms with Gasteiger partial charge >= 0.3 is 5.97 Å². The summed E-state index contributed by atoms with van der Waals surface area (Å²) in [6.45, 7) is 1.10. The summed E-state index contributed by atoms with van der Waals surface area (Å²) in [7, 11) is 0. The summed E-state index contributed by atoms with van der Waals surface area (Å²) < 4.78 is 6.54. The molecular formula is C16H16BrNO4. The van der Waals surface area contributed by atoms with Gasteiger partial charge in [-0.2, -0.15) is 0 Å². The number of hydrogen-bond acceptors (Lipinski definition) is 3. The molecule has 2 heterocycles. The zero-order chi connectivity index (χ0) is 15.7.